The lowest BCUT2D eigenvalue weighted by molar-refractivity contribution is 0.321. The van der Waals surface area contributed by atoms with Crippen LogP contribution < -0.4 is 16.4 Å². The Balaban J connectivity index is 0.000000298. The van der Waals surface area contributed by atoms with Gasteiger partial charge in [-0.15, -0.1) is 0 Å². The molecular formula is C24H30BN. The number of nitrogens with zero attached hydrogens (tertiary/aromatic N) is 1. The topological polar surface area (TPSA) is 3.24 Å². The van der Waals surface area contributed by atoms with Crippen LogP contribution in [0.1, 0.15) is 20.8 Å². The molecule has 134 valence electrons. The summed E-state index contributed by atoms with van der Waals surface area (Å²) in [5.41, 5.74) is 4.00. The molecule has 0 bridgehead atoms. The van der Waals surface area contributed by atoms with Gasteiger partial charge in [-0.3, -0.25) is 0 Å². The summed E-state index contributed by atoms with van der Waals surface area (Å²) >= 11 is 0. The van der Waals surface area contributed by atoms with Gasteiger partial charge in [0.2, 0.25) is 6.71 Å². The average Bonchev–Trinajstić information content (AvgIpc) is 2.72. The third-order valence-corrected chi connectivity index (χ3v) is 4.74. The average molecular weight is 343 g/mol. The molecule has 0 N–H and O–H groups in total. The van der Waals surface area contributed by atoms with Crippen molar-refractivity contribution in [3.05, 3.63) is 91.0 Å². The first-order valence-corrected chi connectivity index (χ1v) is 9.67. The predicted octanol–water partition coefficient (Wildman–Crippen LogP) is 3.55. The molecule has 0 saturated carbocycles. The van der Waals surface area contributed by atoms with E-state index < -0.39 is 0 Å². The van der Waals surface area contributed by atoms with Crippen molar-refractivity contribution in [2.45, 2.75) is 20.8 Å². The monoisotopic (exact) mass is 343 g/mol. The second-order valence-electron chi connectivity index (χ2n) is 6.28. The van der Waals surface area contributed by atoms with E-state index in [-0.39, 0.29) is 0 Å². The minimum absolute atomic E-state index is 0.309. The molecule has 0 aliphatic rings. The highest BCUT2D eigenvalue weighted by Gasteiger charge is 2.20. The van der Waals surface area contributed by atoms with E-state index in [1.54, 1.807) is 0 Å². The van der Waals surface area contributed by atoms with Crippen molar-refractivity contribution in [1.82, 2.24) is 4.90 Å². The fraction of sp³-hybridized carbons (Fsp3) is 0.250. The van der Waals surface area contributed by atoms with Gasteiger partial charge in [-0.2, -0.15) is 0 Å². The van der Waals surface area contributed by atoms with Crippen molar-refractivity contribution in [2.24, 2.45) is 0 Å². The van der Waals surface area contributed by atoms with Crippen molar-refractivity contribution >= 4 is 23.1 Å². The Bertz CT molecular complexity index is 610. The zero-order valence-corrected chi connectivity index (χ0v) is 16.3. The number of rotatable bonds is 6. The minimum Gasteiger partial charge on any atom is -0.304 e. The maximum atomic E-state index is 2.38. The molecule has 0 aliphatic carbocycles. The number of benzene rings is 3. The molecule has 0 aromatic heterocycles. The molecule has 1 nitrogen and oxygen atoms in total. The zero-order chi connectivity index (χ0) is 18.6. The first-order chi connectivity index (χ1) is 12.8. The van der Waals surface area contributed by atoms with E-state index in [0.29, 0.717) is 6.71 Å². The van der Waals surface area contributed by atoms with E-state index >= 15 is 0 Å². The molecule has 3 aromatic rings. The molecule has 3 rings (SSSR count). The van der Waals surface area contributed by atoms with Gasteiger partial charge in [0.05, 0.1) is 0 Å². The zero-order valence-electron chi connectivity index (χ0n) is 16.3. The molecule has 0 fully saturated rings. The van der Waals surface area contributed by atoms with E-state index in [2.05, 4.69) is 117 Å². The fourth-order valence-electron chi connectivity index (χ4n) is 3.18. The summed E-state index contributed by atoms with van der Waals surface area (Å²) in [4.78, 5) is 2.38. The fourth-order valence-corrected chi connectivity index (χ4v) is 3.18. The maximum absolute atomic E-state index is 2.38. The molecule has 0 unspecified atom stereocenters. The van der Waals surface area contributed by atoms with Crippen molar-refractivity contribution in [1.29, 1.82) is 0 Å². The SMILES string of the molecule is CCN(CC)CC.c1ccc(B(c2ccccc2)c2ccccc2)cc1. The van der Waals surface area contributed by atoms with Gasteiger partial charge in [-0.05, 0) is 19.6 Å². The molecule has 3 aromatic carbocycles. The van der Waals surface area contributed by atoms with Crippen LogP contribution >= 0.6 is 0 Å². The summed E-state index contributed by atoms with van der Waals surface area (Å²) in [5.74, 6) is 0. The van der Waals surface area contributed by atoms with Crippen LogP contribution in [0, 0.1) is 0 Å². The molecule has 0 radical (unpaired) electrons. The minimum atomic E-state index is 0.309. The van der Waals surface area contributed by atoms with Gasteiger partial charge >= 0.3 is 0 Å². The van der Waals surface area contributed by atoms with Gasteiger partial charge in [0.15, 0.2) is 0 Å². The largest absolute Gasteiger partial charge is 0.304 e. The van der Waals surface area contributed by atoms with E-state index in [0.717, 1.165) is 0 Å². The van der Waals surface area contributed by atoms with Crippen LogP contribution in [0.5, 0.6) is 0 Å². The van der Waals surface area contributed by atoms with Crippen molar-refractivity contribution < 1.29 is 0 Å². The molecule has 0 heterocycles. The highest BCUT2D eigenvalue weighted by Crippen LogP contribution is 1.95. The van der Waals surface area contributed by atoms with Gasteiger partial charge in [0.25, 0.3) is 0 Å². The summed E-state index contributed by atoms with van der Waals surface area (Å²) in [6.45, 7) is 10.4. The molecule has 0 spiro atoms. The molecular weight excluding hydrogens is 313 g/mol. The standard InChI is InChI=1S/C18H15B.C6H15N/c1-4-10-16(11-5-1)19(17-12-6-2-7-13-17)18-14-8-3-9-15-18;1-4-7(5-2)6-3/h1-15H;4-6H2,1-3H3. The van der Waals surface area contributed by atoms with Crippen LogP contribution in [0.2, 0.25) is 0 Å². The van der Waals surface area contributed by atoms with Gasteiger partial charge < -0.3 is 4.90 Å². The molecule has 0 aliphatic heterocycles. The van der Waals surface area contributed by atoms with Gasteiger partial charge in [0, 0.05) is 0 Å². The molecule has 0 amide bonds. The Hall–Kier alpha value is -2.32. The van der Waals surface area contributed by atoms with E-state index in [1.807, 2.05) is 0 Å². The predicted molar refractivity (Wildman–Crippen MR) is 117 cm³/mol. The normalized spacial score (nSPS) is 10.2. The highest BCUT2D eigenvalue weighted by molar-refractivity contribution is 6.95. The van der Waals surface area contributed by atoms with Gasteiger partial charge in [-0.25, -0.2) is 0 Å². The summed E-state index contributed by atoms with van der Waals surface area (Å²) in [6.07, 6.45) is 0. The summed E-state index contributed by atoms with van der Waals surface area (Å²) in [5, 5.41) is 0. The van der Waals surface area contributed by atoms with Crippen molar-refractivity contribution in [2.75, 3.05) is 19.6 Å². The summed E-state index contributed by atoms with van der Waals surface area (Å²) in [7, 11) is 0. The summed E-state index contributed by atoms with van der Waals surface area (Å²) in [6, 6.07) is 32.0. The van der Waals surface area contributed by atoms with E-state index in [4.69, 9.17) is 0 Å². The van der Waals surface area contributed by atoms with Crippen molar-refractivity contribution in [3.63, 3.8) is 0 Å². The Kier molecular flexibility index (Phi) is 8.72. The molecule has 0 atom stereocenters. The van der Waals surface area contributed by atoms with Crippen molar-refractivity contribution in [3.8, 4) is 0 Å². The quantitative estimate of drug-likeness (QED) is 0.619. The smallest absolute Gasteiger partial charge is 0.241 e. The van der Waals surface area contributed by atoms with Crippen LogP contribution in [-0.4, -0.2) is 31.2 Å². The maximum Gasteiger partial charge on any atom is 0.241 e. The number of hydrogen-bond donors (Lipinski definition) is 0. The third-order valence-electron chi connectivity index (χ3n) is 4.74. The Morgan fingerprint density at radius 2 is 0.769 bits per heavy atom. The summed E-state index contributed by atoms with van der Waals surface area (Å²) < 4.78 is 0. The lowest BCUT2D eigenvalue weighted by Crippen LogP contribution is -2.51. The Morgan fingerprint density at radius 3 is 0.962 bits per heavy atom. The van der Waals surface area contributed by atoms with Crippen LogP contribution in [0.4, 0.5) is 0 Å². The molecule has 26 heavy (non-hydrogen) atoms. The Labute approximate surface area is 159 Å². The van der Waals surface area contributed by atoms with Gasteiger partial charge in [0.1, 0.15) is 0 Å². The second kappa shape index (κ2) is 11.3. The molecule has 2 heteroatoms. The van der Waals surface area contributed by atoms with E-state index in [9.17, 15) is 0 Å². The van der Waals surface area contributed by atoms with Crippen LogP contribution in [0.3, 0.4) is 0 Å². The first kappa shape index (κ1) is 20.0. The lowest BCUT2D eigenvalue weighted by Gasteiger charge is -2.15. The Morgan fingerprint density at radius 1 is 0.500 bits per heavy atom. The lowest BCUT2D eigenvalue weighted by atomic mass is 9.37. The number of hydrogen-bond acceptors (Lipinski definition) is 1. The van der Waals surface area contributed by atoms with Crippen LogP contribution in [0.25, 0.3) is 0 Å². The van der Waals surface area contributed by atoms with Crippen LogP contribution in [-0.2, 0) is 0 Å². The second-order valence-corrected chi connectivity index (χ2v) is 6.28. The highest BCUT2D eigenvalue weighted by atomic mass is 15.1. The van der Waals surface area contributed by atoms with Gasteiger partial charge in [-0.1, -0.05) is 128 Å². The first-order valence-electron chi connectivity index (χ1n) is 9.67. The molecule has 0 saturated heterocycles. The van der Waals surface area contributed by atoms with E-state index in [1.165, 1.54) is 36.0 Å². The van der Waals surface area contributed by atoms with Crippen LogP contribution in [0.15, 0.2) is 91.0 Å². The third kappa shape index (κ3) is 5.89.